The van der Waals surface area contributed by atoms with Crippen LogP contribution >= 0.6 is 0 Å². The highest BCUT2D eigenvalue weighted by Crippen LogP contribution is 2.16. The highest BCUT2D eigenvalue weighted by Gasteiger charge is 2.23. The van der Waals surface area contributed by atoms with Gasteiger partial charge in [-0.05, 0) is 25.7 Å². The predicted octanol–water partition coefficient (Wildman–Crippen LogP) is 1.30. The Morgan fingerprint density at radius 1 is 1.33 bits per heavy atom. The van der Waals surface area contributed by atoms with Crippen molar-refractivity contribution in [2.24, 2.45) is 0 Å². The molecule has 0 bridgehead atoms. The van der Waals surface area contributed by atoms with Crippen molar-refractivity contribution in [2.45, 2.75) is 39.0 Å². The van der Waals surface area contributed by atoms with Gasteiger partial charge in [0.1, 0.15) is 0 Å². The number of likely N-dealkylation sites (tertiary alicyclic amines) is 1. The number of carbonyl (C=O) groups is 1. The molecule has 90 valence electrons. The maximum atomic E-state index is 8.44. The van der Waals surface area contributed by atoms with E-state index < -0.39 is 6.16 Å². The summed E-state index contributed by atoms with van der Waals surface area (Å²) in [5.74, 6) is 0. The number of piperidine rings is 1. The van der Waals surface area contributed by atoms with Gasteiger partial charge >= 0.3 is 0 Å². The fourth-order valence-corrected chi connectivity index (χ4v) is 2.04. The maximum absolute atomic E-state index is 8.44. The van der Waals surface area contributed by atoms with Crippen LogP contribution in [0.2, 0.25) is 0 Å². The highest BCUT2D eigenvalue weighted by atomic mass is 16.6. The molecular formula is C11H23NO3. The molecule has 0 atom stereocenters. The minimum Gasteiger partial charge on any atom is -0.565 e. The second-order valence-corrected chi connectivity index (χ2v) is 4.47. The lowest BCUT2D eigenvalue weighted by Crippen LogP contribution is -2.48. The summed E-state index contributed by atoms with van der Waals surface area (Å²) in [4.78, 5) is 8.44. The molecule has 1 N–H and O–H groups in total. The lowest BCUT2D eigenvalue weighted by Gasteiger charge is -2.37. The molecule has 1 heterocycles. The van der Waals surface area contributed by atoms with E-state index in [0.29, 0.717) is 0 Å². The molecule has 4 nitrogen and oxygen atoms in total. The van der Waals surface area contributed by atoms with E-state index in [0.717, 1.165) is 0 Å². The van der Waals surface area contributed by atoms with E-state index in [1.807, 2.05) is 0 Å². The Hall–Kier alpha value is -0.770. The van der Waals surface area contributed by atoms with Gasteiger partial charge in [-0.3, -0.25) is 0 Å². The largest absolute Gasteiger partial charge is 0.565 e. The molecule has 0 aromatic heterocycles. The van der Waals surface area contributed by atoms with Crippen LogP contribution in [0.15, 0.2) is 0 Å². The van der Waals surface area contributed by atoms with E-state index in [4.69, 9.17) is 15.0 Å². The standard InChI is InChI=1S/C10H22N.CH2O3/c1-3-4-8-11(2)9-6-5-7-10-11;2-1(3)4/h3-10H2,1-2H3;(H2,2,3,4)/q+1;/p-1. The first-order valence-electron chi connectivity index (χ1n) is 5.73. The summed E-state index contributed by atoms with van der Waals surface area (Å²) in [7, 11) is 2.43. The van der Waals surface area contributed by atoms with Crippen LogP contribution in [0.5, 0.6) is 0 Å². The van der Waals surface area contributed by atoms with Crippen molar-refractivity contribution in [1.82, 2.24) is 0 Å². The third-order valence-electron chi connectivity index (χ3n) is 2.95. The molecular weight excluding hydrogens is 194 g/mol. The minimum atomic E-state index is -2.08. The fraction of sp³-hybridized carbons (Fsp3) is 0.909. The van der Waals surface area contributed by atoms with Crippen LogP contribution in [0, 0.1) is 0 Å². The Balaban J connectivity index is 0.000000423. The van der Waals surface area contributed by atoms with Crippen LogP contribution in [-0.2, 0) is 0 Å². The van der Waals surface area contributed by atoms with Crippen molar-refractivity contribution in [1.29, 1.82) is 0 Å². The molecule has 15 heavy (non-hydrogen) atoms. The summed E-state index contributed by atoms with van der Waals surface area (Å²) in [5.41, 5.74) is 0. The third kappa shape index (κ3) is 8.24. The van der Waals surface area contributed by atoms with E-state index >= 15 is 0 Å². The SMILES string of the molecule is CCCC[N+]1(C)CCCCC1.O=C([O-])O. The number of hydrogen-bond donors (Lipinski definition) is 1. The average Bonchev–Trinajstić information content (AvgIpc) is 2.15. The summed E-state index contributed by atoms with van der Waals surface area (Å²) < 4.78 is 1.36. The number of rotatable bonds is 3. The topological polar surface area (TPSA) is 60.4 Å². The van der Waals surface area contributed by atoms with Crippen LogP contribution in [0.4, 0.5) is 4.79 Å². The molecule has 1 rings (SSSR count). The average molecular weight is 217 g/mol. The molecule has 0 aliphatic carbocycles. The highest BCUT2D eigenvalue weighted by molar-refractivity contribution is 5.50. The second-order valence-electron chi connectivity index (χ2n) is 4.47. The fourth-order valence-electron chi connectivity index (χ4n) is 2.04. The summed E-state index contributed by atoms with van der Waals surface area (Å²) in [6, 6.07) is 0. The Morgan fingerprint density at radius 2 is 1.80 bits per heavy atom. The summed E-state index contributed by atoms with van der Waals surface area (Å²) in [6.45, 7) is 6.56. The predicted molar refractivity (Wildman–Crippen MR) is 57.6 cm³/mol. The van der Waals surface area contributed by atoms with Crippen molar-refractivity contribution in [3.05, 3.63) is 0 Å². The van der Waals surface area contributed by atoms with Crippen molar-refractivity contribution in [3.63, 3.8) is 0 Å². The lowest BCUT2D eigenvalue weighted by molar-refractivity contribution is -0.914. The van der Waals surface area contributed by atoms with Crippen LogP contribution in [0.1, 0.15) is 39.0 Å². The van der Waals surface area contributed by atoms with Gasteiger partial charge in [0.15, 0.2) is 0 Å². The van der Waals surface area contributed by atoms with Gasteiger partial charge in [-0.2, -0.15) is 0 Å². The van der Waals surface area contributed by atoms with Crippen LogP contribution in [-0.4, -0.2) is 42.4 Å². The zero-order valence-electron chi connectivity index (χ0n) is 9.87. The molecule has 0 aromatic rings. The molecule has 1 saturated heterocycles. The van der Waals surface area contributed by atoms with Gasteiger partial charge in [0.2, 0.25) is 6.16 Å². The molecule has 0 amide bonds. The zero-order valence-corrected chi connectivity index (χ0v) is 9.87. The summed E-state index contributed by atoms with van der Waals surface area (Å²) in [6.07, 6.45) is 5.07. The number of quaternary nitrogens is 1. The molecule has 0 aromatic carbocycles. The van der Waals surface area contributed by atoms with Crippen LogP contribution in [0.25, 0.3) is 0 Å². The molecule has 1 aliphatic rings. The Bertz CT molecular complexity index is 173. The molecule has 0 saturated carbocycles. The number of nitrogens with zero attached hydrogens (tertiary/aromatic N) is 1. The Morgan fingerprint density at radius 3 is 2.20 bits per heavy atom. The Labute approximate surface area is 92.1 Å². The third-order valence-corrected chi connectivity index (χ3v) is 2.95. The smallest absolute Gasteiger partial charge is 0.249 e. The molecule has 1 aliphatic heterocycles. The molecule has 4 heteroatoms. The van der Waals surface area contributed by atoms with Crippen molar-refractivity contribution in [2.75, 3.05) is 26.7 Å². The van der Waals surface area contributed by atoms with Crippen molar-refractivity contribution < 1.29 is 19.5 Å². The zero-order chi connectivity index (χ0) is 11.7. The minimum absolute atomic E-state index is 1.36. The first-order chi connectivity index (χ1) is 7.00. The first kappa shape index (κ1) is 14.2. The van der Waals surface area contributed by atoms with E-state index in [1.54, 1.807) is 0 Å². The molecule has 0 radical (unpaired) electrons. The first-order valence-corrected chi connectivity index (χ1v) is 5.73. The van der Waals surface area contributed by atoms with E-state index in [9.17, 15) is 0 Å². The van der Waals surface area contributed by atoms with E-state index in [-0.39, 0.29) is 0 Å². The second kappa shape index (κ2) is 7.51. The van der Waals surface area contributed by atoms with Gasteiger partial charge in [-0.25, -0.2) is 0 Å². The van der Waals surface area contributed by atoms with Crippen LogP contribution < -0.4 is 5.11 Å². The van der Waals surface area contributed by atoms with Gasteiger partial charge in [0.25, 0.3) is 0 Å². The summed E-state index contributed by atoms with van der Waals surface area (Å²) in [5, 5.41) is 15.3. The van der Waals surface area contributed by atoms with Gasteiger partial charge in [0.05, 0.1) is 26.7 Å². The lowest BCUT2D eigenvalue weighted by atomic mass is 10.1. The van der Waals surface area contributed by atoms with Gasteiger partial charge in [-0.1, -0.05) is 13.3 Å². The Kier molecular flexibility index (Phi) is 7.13. The normalized spacial score (nSPS) is 18.8. The maximum Gasteiger partial charge on any atom is 0.249 e. The monoisotopic (exact) mass is 217 g/mol. The van der Waals surface area contributed by atoms with Gasteiger partial charge in [-0.15, -0.1) is 0 Å². The molecule has 1 fully saturated rings. The van der Waals surface area contributed by atoms with Crippen LogP contribution in [0.3, 0.4) is 0 Å². The molecule has 0 spiro atoms. The number of carboxylic acid groups (broad SMARTS) is 2. The van der Waals surface area contributed by atoms with Crippen molar-refractivity contribution >= 4 is 6.16 Å². The number of unbranched alkanes of at least 4 members (excludes halogenated alkanes) is 1. The van der Waals surface area contributed by atoms with Gasteiger partial charge < -0.3 is 19.5 Å². The quantitative estimate of drug-likeness (QED) is 0.725. The number of hydrogen-bond acceptors (Lipinski definition) is 2. The molecule has 0 unspecified atom stereocenters. The summed E-state index contributed by atoms with van der Waals surface area (Å²) >= 11 is 0. The van der Waals surface area contributed by atoms with Crippen molar-refractivity contribution in [3.8, 4) is 0 Å². The van der Waals surface area contributed by atoms with Gasteiger partial charge in [0, 0.05) is 0 Å². The van der Waals surface area contributed by atoms with E-state index in [1.165, 1.54) is 56.2 Å². The van der Waals surface area contributed by atoms with E-state index in [2.05, 4.69) is 14.0 Å².